The van der Waals surface area contributed by atoms with Gasteiger partial charge in [-0.25, -0.2) is 4.68 Å². The first-order valence-electron chi connectivity index (χ1n) is 12.3. The van der Waals surface area contributed by atoms with Gasteiger partial charge in [0.1, 0.15) is 6.61 Å². The molecule has 1 heterocycles. The Bertz CT molecular complexity index is 1480. The molecule has 1 amide bonds. The molecule has 3 aromatic carbocycles. The normalized spacial score (nSPS) is 11.9. The molecule has 0 spiro atoms. The van der Waals surface area contributed by atoms with Crippen LogP contribution >= 0.6 is 0 Å². The number of hydrogen-bond acceptors (Lipinski definition) is 5. The summed E-state index contributed by atoms with van der Waals surface area (Å²) < 4.78 is 91.5. The second-order valence-corrected chi connectivity index (χ2v) is 8.79. The highest BCUT2D eigenvalue weighted by Gasteiger charge is 2.37. The van der Waals surface area contributed by atoms with E-state index in [1.54, 1.807) is 12.1 Å². The minimum Gasteiger partial charge on any atom is -0.460 e. The quantitative estimate of drug-likeness (QED) is 0.172. The number of aromatic nitrogens is 3. The van der Waals surface area contributed by atoms with Gasteiger partial charge in [-0.05, 0) is 61.9 Å². The summed E-state index contributed by atoms with van der Waals surface area (Å²) in [6.07, 6.45) is -10.1. The van der Waals surface area contributed by atoms with Gasteiger partial charge in [0.2, 0.25) is 0 Å². The lowest BCUT2D eigenvalue weighted by Crippen LogP contribution is -2.17. The number of amides is 1. The molecule has 41 heavy (non-hydrogen) atoms. The lowest BCUT2D eigenvalue weighted by molar-refractivity contribution is -0.143. The van der Waals surface area contributed by atoms with Crippen LogP contribution in [0.25, 0.3) is 17.1 Å². The van der Waals surface area contributed by atoms with Crippen LogP contribution in [0, 0.1) is 6.92 Å². The van der Waals surface area contributed by atoms with E-state index in [0.717, 1.165) is 11.1 Å². The molecule has 0 fully saturated rings. The van der Waals surface area contributed by atoms with Crippen molar-refractivity contribution < 1.29 is 40.6 Å². The number of halogens is 6. The molecule has 0 saturated heterocycles. The minimum absolute atomic E-state index is 0.0372. The monoisotopic (exact) mass is 578 g/mol. The van der Waals surface area contributed by atoms with Crippen LogP contribution in [-0.4, -0.2) is 40.5 Å². The zero-order valence-electron chi connectivity index (χ0n) is 21.8. The Hall–Kier alpha value is -4.39. The van der Waals surface area contributed by atoms with E-state index >= 15 is 0 Å². The fraction of sp³-hybridized carbons (Fsp3) is 0.250. The number of rotatable bonds is 9. The molecule has 0 unspecified atom stereocenters. The van der Waals surface area contributed by atoms with E-state index in [4.69, 9.17) is 9.47 Å². The second kappa shape index (κ2) is 12.0. The standard InChI is InChI=1S/C28H24F6N4O3/c1-3-40-12-13-41-26-36-24(23-7-5-4-6-17(23)2)38(37-26)22-10-8-21(9-11-22)35-25(39)18-14-19(27(29,30)31)16-20(15-18)28(32,33)34/h4-11,14-16H,3,12-13H2,1-2H3,(H,35,39). The number of anilines is 1. The van der Waals surface area contributed by atoms with Crippen LogP contribution in [0.5, 0.6) is 6.01 Å². The summed E-state index contributed by atoms with van der Waals surface area (Å²) in [7, 11) is 0. The molecule has 0 aliphatic heterocycles. The number of benzene rings is 3. The van der Waals surface area contributed by atoms with Crippen molar-refractivity contribution in [3.05, 3.63) is 89.0 Å². The van der Waals surface area contributed by atoms with Gasteiger partial charge in [0.25, 0.3) is 5.91 Å². The fourth-order valence-electron chi connectivity index (χ4n) is 3.84. The van der Waals surface area contributed by atoms with E-state index in [0.29, 0.717) is 36.9 Å². The number of ether oxygens (including phenoxy) is 2. The maximum Gasteiger partial charge on any atom is 0.416 e. The average molecular weight is 579 g/mol. The number of aryl methyl sites for hydroxylation is 1. The summed E-state index contributed by atoms with van der Waals surface area (Å²) >= 11 is 0. The topological polar surface area (TPSA) is 78.3 Å². The van der Waals surface area contributed by atoms with Gasteiger partial charge in [-0.3, -0.25) is 4.79 Å². The lowest BCUT2D eigenvalue weighted by atomic mass is 10.0. The van der Waals surface area contributed by atoms with Gasteiger partial charge in [-0.1, -0.05) is 24.3 Å². The molecule has 0 bridgehead atoms. The van der Waals surface area contributed by atoms with E-state index in [2.05, 4.69) is 15.4 Å². The van der Waals surface area contributed by atoms with E-state index < -0.39 is 35.0 Å². The molecule has 7 nitrogen and oxygen atoms in total. The Morgan fingerprint density at radius 2 is 1.54 bits per heavy atom. The molecule has 4 aromatic rings. The summed E-state index contributed by atoms with van der Waals surface area (Å²) in [6, 6.07) is 14.3. The molecular weight excluding hydrogens is 554 g/mol. The summed E-state index contributed by atoms with van der Waals surface area (Å²) in [4.78, 5) is 17.2. The number of nitrogens with one attached hydrogen (secondary N) is 1. The average Bonchev–Trinajstić information content (AvgIpc) is 3.34. The summed E-state index contributed by atoms with van der Waals surface area (Å²) in [5.74, 6) is -0.671. The molecule has 1 N–H and O–H groups in total. The third-order valence-electron chi connectivity index (χ3n) is 5.86. The highest BCUT2D eigenvalue weighted by molar-refractivity contribution is 6.04. The number of carbonyl (C=O) groups is 1. The van der Waals surface area contributed by atoms with Crippen LogP contribution in [-0.2, 0) is 17.1 Å². The number of hydrogen-bond donors (Lipinski definition) is 1. The first-order valence-corrected chi connectivity index (χ1v) is 12.3. The van der Waals surface area contributed by atoms with Gasteiger partial charge in [-0.15, -0.1) is 5.10 Å². The van der Waals surface area contributed by atoms with Crippen LogP contribution in [0.1, 0.15) is 34.0 Å². The van der Waals surface area contributed by atoms with E-state index in [-0.39, 0.29) is 24.4 Å². The van der Waals surface area contributed by atoms with E-state index in [9.17, 15) is 31.1 Å². The van der Waals surface area contributed by atoms with Crippen LogP contribution in [0.3, 0.4) is 0 Å². The first-order chi connectivity index (χ1) is 19.4. The highest BCUT2D eigenvalue weighted by atomic mass is 19.4. The van der Waals surface area contributed by atoms with Crippen molar-refractivity contribution in [3.8, 4) is 23.1 Å². The van der Waals surface area contributed by atoms with Crippen molar-refractivity contribution in [2.75, 3.05) is 25.1 Å². The number of nitrogens with zero attached hydrogens (tertiary/aromatic N) is 3. The highest BCUT2D eigenvalue weighted by Crippen LogP contribution is 2.36. The molecule has 0 saturated carbocycles. The molecule has 4 rings (SSSR count). The zero-order valence-corrected chi connectivity index (χ0v) is 21.8. The third-order valence-corrected chi connectivity index (χ3v) is 5.86. The van der Waals surface area contributed by atoms with Crippen LogP contribution in [0.15, 0.2) is 66.7 Å². The van der Waals surface area contributed by atoms with E-state index in [1.165, 1.54) is 16.8 Å². The zero-order chi connectivity index (χ0) is 29.8. The van der Waals surface area contributed by atoms with Crippen LogP contribution in [0.4, 0.5) is 32.0 Å². The smallest absolute Gasteiger partial charge is 0.416 e. The Morgan fingerprint density at radius 3 is 2.12 bits per heavy atom. The van der Waals surface area contributed by atoms with Crippen molar-refractivity contribution in [2.45, 2.75) is 26.2 Å². The number of carbonyl (C=O) groups excluding carboxylic acids is 1. The van der Waals surface area contributed by atoms with Gasteiger partial charge in [0.15, 0.2) is 5.82 Å². The Morgan fingerprint density at radius 1 is 0.902 bits per heavy atom. The SMILES string of the molecule is CCOCCOc1nc(-c2ccccc2C)n(-c2ccc(NC(=O)c3cc(C(F)(F)F)cc(C(F)(F)F)c3)cc2)n1. The van der Waals surface area contributed by atoms with Crippen molar-refractivity contribution in [3.63, 3.8) is 0 Å². The predicted molar refractivity (Wildman–Crippen MR) is 138 cm³/mol. The predicted octanol–water partition coefficient (Wildman–Crippen LogP) is 6.95. The molecular formula is C28H24F6N4O3. The van der Waals surface area contributed by atoms with Crippen LogP contribution < -0.4 is 10.1 Å². The minimum atomic E-state index is -5.07. The molecule has 1 aromatic heterocycles. The molecule has 216 valence electrons. The molecule has 0 radical (unpaired) electrons. The van der Waals surface area contributed by atoms with Gasteiger partial charge in [0, 0.05) is 23.4 Å². The van der Waals surface area contributed by atoms with E-state index in [1.807, 2.05) is 38.1 Å². The van der Waals surface area contributed by atoms with Crippen molar-refractivity contribution >= 4 is 11.6 Å². The summed E-state index contributed by atoms with van der Waals surface area (Å²) in [5, 5.41) is 6.76. The Kier molecular flexibility index (Phi) is 8.66. The molecule has 13 heteroatoms. The first kappa shape index (κ1) is 29.6. The van der Waals surface area contributed by atoms with Gasteiger partial charge in [0.05, 0.1) is 23.4 Å². The van der Waals surface area contributed by atoms with Crippen molar-refractivity contribution in [1.82, 2.24) is 14.8 Å². The molecule has 0 atom stereocenters. The third kappa shape index (κ3) is 7.23. The summed E-state index contributed by atoms with van der Waals surface area (Å²) in [6.45, 7) is 4.85. The van der Waals surface area contributed by atoms with Crippen molar-refractivity contribution in [2.24, 2.45) is 0 Å². The lowest BCUT2D eigenvalue weighted by Gasteiger charge is -2.14. The van der Waals surface area contributed by atoms with Gasteiger partial charge >= 0.3 is 18.4 Å². The van der Waals surface area contributed by atoms with Gasteiger partial charge in [-0.2, -0.15) is 31.3 Å². The maximum absolute atomic E-state index is 13.2. The Labute approximate surface area is 230 Å². The Balaban J connectivity index is 1.61. The largest absolute Gasteiger partial charge is 0.460 e. The van der Waals surface area contributed by atoms with Gasteiger partial charge < -0.3 is 14.8 Å². The second-order valence-electron chi connectivity index (χ2n) is 8.79. The maximum atomic E-state index is 13.2. The fourth-order valence-corrected chi connectivity index (χ4v) is 3.84. The van der Waals surface area contributed by atoms with Crippen molar-refractivity contribution in [1.29, 1.82) is 0 Å². The summed E-state index contributed by atoms with van der Waals surface area (Å²) in [5.41, 5.74) is -1.61. The molecule has 0 aliphatic rings. The van der Waals surface area contributed by atoms with Crippen LogP contribution in [0.2, 0.25) is 0 Å². The number of alkyl halides is 6. The molecule has 0 aliphatic carbocycles.